The summed E-state index contributed by atoms with van der Waals surface area (Å²) in [5.74, 6) is 1.08. The zero-order chi connectivity index (χ0) is 20.4. The minimum absolute atomic E-state index is 0.120. The number of piperidine rings is 1. The van der Waals surface area contributed by atoms with E-state index in [4.69, 9.17) is 21.1 Å². The van der Waals surface area contributed by atoms with Gasteiger partial charge in [-0.1, -0.05) is 35.0 Å². The third kappa shape index (κ3) is 4.35. The van der Waals surface area contributed by atoms with Crippen molar-refractivity contribution in [3.05, 3.63) is 70.2 Å². The van der Waals surface area contributed by atoms with Gasteiger partial charge in [0.25, 0.3) is 0 Å². The van der Waals surface area contributed by atoms with E-state index in [0.29, 0.717) is 18.0 Å². The topological polar surface area (TPSA) is 59.2 Å². The number of carbonyl (C=O) groups excluding carboxylic acids is 1. The molecule has 1 aliphatic heterocycles. The number of aryl methyl sites for hydroxylation is 2. The molecule has 1 atom stereocenters. The van der Waals surface area contributed by atoms with E-state index in [2.05, 4.69) is 11.2 Å². The second-order valence-corrected chi connectivity index (χ2v) is 8.05. The average molecular weight is 410 g/mol. The molecule has 1 amide bonds. The summed E-state index contributed by atoms with van der Waals surface area (Å²) >= 11 is 6.13. The number of aromatic nitrogens is 2. The number of rotatable bonds is 4. The molecule has 0 unspecified atom stereocenters. The van der Waals surface area contributed by atoms with Gasteiger partial charge in [0.15, 0.2) is 0 Å². The van der Waals surface area contributed by atoms with Crippen molar-refractivity contribution < 1.29 is 9.32 Å². The van der Waals surface area contributed by atoms with Crippen molar-refractivity contribution in [3.63, 3.8) is 0 Å². The van der Waals surface area contributed by atoms with Gasteiger partial charge in [-0.25, -0.2) is 0 Å². The molecule has 3 aromatic rings. The SMILES string of the molecule is Cc1noc(C)c1CC(=O)N1CCC[C@@H](c2cccc(-c3cccc(Cl)c3)n2)C1. The molecule has 150 valence electrons. The maximum Gasteiger partial charge on any atom is 0.227 e. The zero-order valence-corrected chi connectivity index (χ0v) is 17.4. The lowest BCUT2D eigenvalue weighted by Crippen LogP contribution is -2.40. The summed E-state index contributed by atoms with van der Waals surface area (Å²) in [5.41, 5.74) is 4.63. The van der Waals surface area contributed by atoms with E-state index in [0.717, 1.165) is 53.4 Å². The Morgan fingerprint density at radius 1 is 1.24 bits per heavy atom. The lowest BCUT2D eigenvalue weighted by molar-refractivity contribution is -0.131. The predicted molar refractivity (Wildman–Crippen MR) is 113 cm³/mol. The molecular weight excluding hydrogens is 386 g/mol. The van der Waals surface area contributed by atoms with Crippen LogP contribution in [0.2, 0.25) is 5.02 Å². The molecule has 5 nitrogen and oxygen atoms in total. The van der Waals surface area contributed by atoms with Crippen molar-refractivity contribution in [1.82, 2.24) is 15.0 Å². The molecular formula is C23H24ClN3O2. The van der Waals surface area contributed by atoms with Crippen LogP contribution in [0.15, 0.2) is 47.0 Å². The van der Waals surface area contributed by atoms with E-state index in [9.17, 15) is 4.79 Å². The number of carbonyl (C=O) groups is 1. The molecule has 6 heteroatoms. The van der Waals surface area contributed by atoms with Crippen LogP contribution in [-0.4, -0.2) is 34.0 Å². The number of hydrogen-bond donors (Lipinski definition) is 0. The zero-order valence-electron chi connectivity index (χ0n) is 16.7. The van der Waals surface area contributed by atoms with Crippen molar-refractivity contribution in [2.24, 2.45) is 0 Å². The van der Waals surface area contributed by atoms with E-state index < -0.39 is 0 Å². The Labute approximate surface area is 175 Å². The highest BCUT2D eigenvalue weighted by Gasteiger charge is 2.27. The highest BCUT2D eigenvalue weighted by molar-refractivity contribution is 6.30. The second kappa shape index (κ2) is 8.37. The molecule has 1 saturated heterocycles. The third-order valence-corrected chi connectivity index (χ3v) is 5.83. The van der Waals surface area contributed by atoms with Crippen LogP contribution in [0, 0.1) is 13.8 Å². The second-order valence-electron chi connectivity index (χ2n) is 7.62. The van der Waals surface area contributed by atoms with Crippen LogP contribution in [0.25, 0.3) is 11.3 Å². The Hall–Kier alpha value is -2.66. The van der Waals surface area contributed by atoms with E-state index in [1.807, 2.05) is 55.1 Å². The maximum atomic E-state index is 12.9. The van der Waals surface area contributed by atoms with Gasteiger partial charge in [-0.3, -0.25) is 9.78 Å². The van der Waals surface area contributed by atoms with Crippen LogP contribution >= 0.6 is 11.6 Å². The smallest absolute Gasteiger partial charge is 0.227 e. The van der Waals surface area contributed by atoms with Crippen LogP contribution in [0.1, 0.15) is 41.5 Å². The number of halogens is 1. The molecule has 0 N–H and O–H groups in total. The first kappa shape index (κ1) is 19.6. The lowest BCUT2D eigenvalue weighted by atomic mass is 9.93. The van der Waals surface area contributed by atoms with Crippen molar-refractivity contribution in [2.75, 3.05) is 13.1 Å². The van der Waals surface area contributed by atoms with Gasteiger partial charge < -0.3 is 9.42 Å². The average Bonchev–Trinajstić information content (AvgIpc) is 3.06. The molecule has 1 fully saturated rings. The first-order chi connectivity index (χ1) is 14.0. The normalized spacial score (nSPS) is 16.8. The van der Waals surface area contributed by atoms with Crippen LogP contribution in [0.4, 0.5) is 0 Å². The van der Waals surface area contributed by atoms with Gasteiger partial charge in [0.05, 0.1) is 17.8 Å². The first-order valence-corrected chi connectivity index (χ1v) is 10.3. The fourth-order valence-electron chi connectivity index (χ4n) is 3.95. The summed E-state index contributed by atoms with van der Waals surface area (Å²) in [6.45, 7) is 5.21. The molecule has 0 saturated carbocycles. The highest BCUT2D eigenvalue weighted by atomic mass is 35.5. The van der Waals surface area contributed by atoms with E-state index >= 15 is 0 Å². The number of hydrogen-bond acceptors (Lipinski definition) is 4. The van der Waals surface area contributed by atoms with Gasteiger partial charge in [0.1, 0.15) is 5.76 Å². The van der Waals surface area contributed by atoms with Gasteiger partial charge in [0, 0.05) is 40.9 Å². The summed E-state index contributed by atoms with van der Waals surface area (Å²) in [5, 5.41) is 4.65. The largest absolute Gasteiger partial charge is 0.361 e. The first-order valence-electron chi connectivity index (χ1n) is 9.93. The molecule has 29 heavy (non-hydrogen) atoms. The Bertz CT molecular complexity index is 1010. The number of benzene rings is 1. The lowest BCUT2D eigenvalue weighted by Gasteiger charge is -2.32. The van der Waals surface area contributed by atoms with Crippen LogP contribution in [0.3, 0.4) is 0 Å². The third-order valence-electron chi connectivity index (χ3n) is 5.59. The maximum absolute atomic E-state index is 12.9. The Balaban J connectivity index is 1.50. The molecule has 1 aromatic carbocycles. The fourth-order valence-corrected chi connectivity index (χ4v) is 4.14. The Morgan fingerprint density at radius 2 is 2.07 bits per heavy atom. The molecule has 3 heterocycles. The van der Waals surface area contributed by atoms with Gasteiger partial charge in [0.2, 0.25) is 5.91 Å². The van der Waals surface area contributed by atoms with Gasteiger partial charge >= 0.3 is 0 Å². The minimum atomic E-state index is 0.120. The van der Waals surface area contributed by atoms with Crippen molar-refractivity contribution in [3.8, 4) is 11.3 Å². The van der Waals surface area contributed by atoms with Crippen molar-refractivity contribution in [2.45, 2.75) is 39.0 Å². The summed E-state index contributed by atoms with van der Waals surface area (Å²) < 4.78 is 5.20. The van der Waals surface area contributed by atoms with E-state index in [1.54, 1.807) is 0 Å². The minimum Gasteiger partial charge on any atom is -0.361 e. The number of likely N-dealkylation sites (tertiary alicyclic amines) is 1. The predicted octanol–water partition coefficient (Wildman–Crippen LogP) is 4.96. The monoisotopic (exact) mass is 409 g/mol. The number of amides is 1. The summed E-state index contributed by atoms with van der Waals surface area (Å²) in [6, 6.07) is 13.8. The highest BCUT2D eigenvalue weighted by Crippen LogP contribution is 2.29. The fraction of sp³-hybridized carbons (Fsp3) is 0.348. The number of pyridine rings is 1. The summed E-state index contributed by atoms with van der Waals surface area (Å²) in [4.78, 5) is 19.7. The summed E-state index contributed by atoms with van der Waals surface area (Å²) in [7, 11) is 0. The standard InChI is InChI=1S/C23H24ClN3O2/c1-15-20(16(2)29-26-15)13-23(28)27-11-5-7-18(14-27)22-10-4-9-21(25-22)17-6-3-8-19(24)12-17/h3-4,6,8-10,12,18H,5,7,11,13-14H2,1-2H3/t18-/m1/s1. The van der Waals surface area contributed by atoms with Crippen molar-refractivity contribution in [1.29, 1.82) is 0 Å². The molecule has 0 radical (unpaired) electrons. The molecule has 0 spiro atoms. The van der Waals surface area contributed by atoms with E-state index in [-0.39, 0.29) is 11.8 Å². The number of nitrogens with zero attached hydrogens (tertiary/aromatic N) is 3. The molecule has 2 aromatic heterocycles. The van der Waals surface area contributed by atoms with Crippen LogP contribution in [-0.2, 0) is 11.2 Å². The van der Waals surface area contributed by atoms with Gasteiger partial charge in [-0.15, -0.1) is 0 Å². The van der Waals surface area contributed by atoms with Crippen LogP contribution in [0.5, 0.6) is 0 Å². The molecule has 0 bridgehead atoms. The molecule has 1 aliphatic rings. The van der Waals surface area contributed by atoms with Crippen LogP contribution < -0.4 is 0 Å². The van der Waals surface area contributed by atoms with Gasteiger partial charge in [-0.2, -0.15) is 0 Å². The quantitative estimate of drug-likeness (QED) is 0.611. The molecule has 0 aliphatic carbocycles. The van der Waals surface area contributed by atoms with Crippen molar-refractivity contribution >= 4 is 17.5 Å². The van der Waals surface area contributed by atoms with E-state index in [1.165, 1.54) is 0 Å². The Kier molecular flexibility index (Phi) is 5.67. The Morgan fingerprint density at radius 3 is 2.83 bits per heavy atom. The van der Waals surface area contributed by atoms with Gasteiger partial charge in [-0.05, 0) is 51.0 Å². The molecule has 4 rings (SSSR count). The summed E-state index contributed by atoms with van der Waals surface area (Å²) in [6.07, 6.45) is 2.34.